The molecule has 0 bridgehead atoms. The summed E-state index contributed by atoms with van der Waals surface area (Å²) in [5, 5.41) is 13.4. The zero-order valence-electron chi connectivity index (χ0n) is 19.6. The average molecular weight is 546 g/mol. The van der Waals surface area contributed by atoms with Crippen LogP contribution < -0.4 is 14.8 Å². The molecule has 0 amide bonds. The number of aliphatic hydroxyl groups excluding tert-OH is 1. The van der Waals surface area contributed by atoms with Gasteiger partial charge in [-0.05, 0) is 77.8 Å². The lowest BCUT2D eigenvalue weighted by Crippen LogP contribution is -2.31. The van der Waals surface area contributed by atoms with Gasteiger partial charge in [0.15, 0.2) is 0 Å². The number of thioether (sulfide) groups is 1. The van der Waals surface area contributed by atoms with Crippen LogP contribution in [0.15, 0.2) is 77.7 Å². The first-order valence-electron chi connectivity index (χ1n) is 11.3. The standard InChI is InChI=1S/C26H25F6NO3S/c1-2-5-19(34)16-33-24(18-7-4-9-23(15-18)37-26(30,31)32)17-6-3-8-22(14-17)35-20-10-12-21(13-11-20)36-25(27,28)29/h3-4,6-15,19,24,33-34H,2,5,16H2,1H3. The molecule has 0 spiro atoms. The average Bonchev–Trinajstić information content (AvgIpc) is 2.79. The molecular formula is C26H25F6NO3S. The number of hydrogen-bond donors (Lipinski definition) is 2. The normalized spacial score (nSPS) is 13.7. The number of benzene rings is 3. The molecule has 0 radical (unpaired) electrons. The number of rotatable bonds is 11. The van der Waals surface area contributed by atoms with E-state index in [0.717, 1.165) is 18.6 Å². The van der Waals surface area contributed by atoms with Crippen molar-refractivity contribution in [1.82, 2.24) is 5.32 Å². The van der Waals surface area contributed by atoms with Crippen LogP contribution >= 0.6 is 11.8 Å². The molecule has 0 aliphatic carbocycles. The Morgan fingerprint density at radius 3 is 2.08 bits per heavy atom. The minimum Gasteiger partial charge on any atom is -0.457 e. The van der Waals surface area contributed by atoms with Gasteiger partial charge in [-0.3, -0.25) is 0 Å². The molecule has 2 atom stereocenters. The Morgan fingerprint density at radius 2 is 1.46 bits per heavy atom. The molecule has 3 aromatic rings. The fourth-order valence-corrected chi connectivity index (χ4v) is 4.22. The summed E-state index contributed by atoms with van der Waals surface area (Å²) in [6.07, 6.45) is -4.13. The molecule has 0 aromatic heterocycles. The maximum atomic E-state index is 12.9. The van der Waals surface area contributed by atoms with Crippen LogP contribution in [0.25, 0.3) is 0 Å². The number of ether oxygens (including phenoxy) is 2. The van der Waals surface area contributed by atoms with E-state index >= 15 is 0 Å². The van der Waals surface area contributed by atoms with Crippen molar-refractivity contribution in [3.8, 4) is 17.2 Å². The van der Waals surface area contributed by atoms with Gasteiger partial charge in [0.05, 0.1) is 12.1 Å². The van der Waals surface area contributed by atoms with Crippen molar-refractivity contribution in [1.29, 1.82) is 0 Å². The summed E-state index contributed by atoms with van der Waals surface area (Å²) >= 11 is -0.213. The molecule has 0 aliphatic heterocycles. The van der Waals surface area contributed by atoms with E-state index in [1.807, 2.05) is 6.92 Å². The molecule has 3 rings (SSSR count). The van der Waals surface area contributed by atoms with Crippen LogP contribution in [0, 0.1) is 0 Å². The zero-order chi connectivity index (χ0) is 27.1. The Bertz CT molecular complexity index is 1140. The highest BCUT2D eigenvalue weighted by Crippen LogP contribution is 2.38. The summed E-state index contributed by atoms with van der Waals surface area (Å²) in [7, 11) is 0. The smallest absolute Gasteiger partial charge is 0.457 e. The molecule has 200 valence electrons. The minimum atomic E-state index is -4.81. The first-order chi connectivity index (χ1) is 17.4. The maximum Gasteiger partial charge on any atom is 0.573 e. The Morgan fingerprint density at radius 1 is 0.838 bits per heavy atom. The van der Waals surface area contributed by atoms with Gasteiger partial charge in [-0.1, -0.05) is 37.6 Å². The molecule has 4 nitrogen and oxygen atoms in total. The summed E-state index contributed by atoms with van der Waals surface area (Å²) in [5.41, 5.74) is -3.22. The minimum absolute atomic E-state index is 0.0273. The lowest BCUT2D eigenvalue weighted by molar-refractivity contribution is -0.274. The second-order valence-corrected chi connectivity index (χ2v) is 9.24. The number of nitrogens with one attached hydrogen (secondary N) is 1. The summed E-state index contributed by atoms with van der Waals surface area (Å²) in [5.74, 6) is 0.238. The van der Waals surface area contributed by atoms with Crippen LogP contribution in [-0.4, -0.2) is 29.6 Å². The van der Waals surface area contributed by atoms with Crippen LogP contribution in [0.4, 0.5) is 26.3 Å². The molecular weight excluding hydrogens is 520 g/mol. The highest BCUT2D eigenvalue weighted by Gasteiger charge is 2.31. The third-order valence-electron chi connectivity index (χ3n) is 5.09. The van der Waals surface area contributed by atoms with E-state index in [4.69, 9.17) is 4.74 Å². The van der Waals surface area contributed by atoms with Crippen LogP contribution in [0.5, 0.6) is 17.2 Å². The Labute approximate surface area is 214 Å². The largest absolute Gasteiger partial charge is 0.573 e. The molecule has 2 N–H and O–H groups in total. The van der Waals surface area contributed by atoms with Crippen molar-refractivity contribution in [3.63, 3.8) is 0 Å². The predicted molar refractivity (Wildman–Crippen MR) is 129 cm³/mol. The molecule has 3 aromatic carbocycles. The van der Waals surface area contributed by atoms with Crippen LogP contribution in [0.2, 0.25) is 0 Å². The molecule has 0 heterocycles. The topological polar surface area (TPSA) is 50.7 Å². The van der Waals surface area contributed by atoms with E-state index in [0.29, 0.717) is 23.3 Å². The van der Waals surface area contributed by atoms with Gasteiger partial charge in [-0.2, -0.15) is 13.2 Å². The quantitative estimate of drug-likeness (QED) is 0.190. The molecule has 37 heavy (non-hydrogen) atoms. The third-order valence-corrected chi connectivity index (χ3v) is 5.81. The van der Waals surface area contributed by atoms with Gasteiger partial charge in [0.1, 0.15) is 17.2 Å². The second-order valence-electron chi connectivity index (χ2n) is 8.10. The summed E-state index contributed by atoms with van der Waals surface area (Å²) in [6, 6.07) is 17.1. The van der Waals surface area contributed by atoms with Gasteiger partial charge < -0.3 is 19.9 Å². The van der Waals surface area contributed by atoms with Gasteiger partial charge in [-0.25, -0.2) is 0 Å². The van der Waals surface area contributed by atoms with Crippen molar-refractivity contribution in [3.05, 3.63) is 83.9 Å². The molecule has 2 unspecified atom stereocenters. The third kappa shape index (κ3) is 9.83. The predicted octanol–water partition coefficient (Wildman–Crippen LogP) is 7.83. The van der Waals surface area contributed by atoms with Crippen molar-refractivity contribution in [2.45, 2.75) is 48.7 Å². The monoisotopic (exact) mass is 545 g/mol. The highest BCUT2D eigenvalue weighted by atomic mass is 32.2. The van der Waals surface area contributed by atoms with Crippen molar-refractivity contribution in [2.75, 3.05) is 6.54 Å². The van der Waals surface area contributed by atoms with E-state index in [2.05, 4.69) is 10.1 Å². The highest BCUT2D eigenvalue weighted by molar-refractivity contribution is 8.00. The van der Waals surface area contributed by atoms with E-state index in [-0.39, 0.29) is 34.7 Å². The van der Waals surface area contributed by atoms with E-state index in [1.54, 1.807) is 30.3 Å². The fourth-order valence-electron chi connectivity index (χ4n) is 3.61. The van der Waals surface area contributed by atoms with Gasteiger partial charge in [0.2, 0.25) is 0 Å². The number of aliphatic hydroxyl groups is 1. The number of halogens is 6. The Kier molecular flexibility index (Phi) is 9.74. The first kappa shape index (κ1) is 28.7. The summed E-state index contributed by atoms with van der Waals surface area (Å²) in [6.45, 7) is 2.14. The van der Waals surface area contributed by atoms with Crippen LogP contribution in [0.1, 0.15) is 36.9 Å². The fraction of sp³-hybridized carbons (Fsp3) is 0.308. The van der Waals surface area contributed by atoms with E-state index in [9.17, 15) is 31.4 Å². The lowest BCUT2D eigenvalue weighted by atomic mass is 9.98. The molecule has 0 saturated carbocycles. The van der Waals surface area contributed by atoms with Gasteiger partial charge >= 0.3 is 11.9 Å². The molecule has 0 aliphatic rings. The van der Waals surface area contributed by atoms with Crippen LogP contribution in [0.3, 0.4) is 0 Å². The lowest BCUT2D eigenvalue weighted by Gasteiger charge is -2.23. The second kappa shape index (κ2) is 12.6. The van der Waals surface area contributed by atoms with Gasteiger partial charge in [-0.15, -0.1) is 13.2 Å². The molecule has 0 fully saturated rings. The van der Waals surface area contributed by atoms with Crippen molar-refractivity contribution < 1.29 is 40.9 Å². The van der Waals surface area contributed by atoms with E-state index < -0.39 is 24.0 Å². The maximum absolute atomic E-state index is 12.9. The van der Waals surface area contributed by atoms with E-state index in [1.165, 1.54) is 30.3 Å². The number of alkyl halides is 6. The molecule has 11 heteroatoms. The van der Waals surface area contributed by atoms with Crippen LogP contribution in [-0.2, 0) is 0 Å². The molecule has 0 saturated heterocycles. The van der Waals surface area contributed by atoms with Crippen molar-refractivity contribution >= 4 is 11.8 Å². The summed E-state index contributed by atoms with van der Waals surface area (Å²) < 4.78 is 85.6. The van der Waals surface area contributed by atoms with Crippen molar-refractivity contribution in [2.24, 2.45) is 0 Å². The summed E-state index contributed by atoms with van der Waals surface area (Å²) in [4.78, 5) is 0.0273. The van der Waals surface area contributed by atoms with Gasteiger partial charge in [0, 0.05) is 11.4 Å². The van der Waals surface area contributed by atoms with Gasteiger partial charge in [0.25, 0.3) is 0 Å². The zero-order valence-corrected chi connectivity index (χ0v) is 20.5. The Hall–Kier alpha value is -2.89. The SMILES string of the molecule is CCCC(O)CNC(c1cccc(Oc2ccc(OC(F)(F)F)cc2)c1)c1cccc(SC(F)(F)F)c1. The first-order valence-corrected chi connectivity index (χ1v) is 12.1. The number of hydrogen-bond acceptors (Lipinski definition) is 5. The Balaban J connectivity index is 1.85.